The maximum atomic E-state index is 11.6. The van der Waals surface area contributed by atoms with Gasteiger partial charge < -0.3 is 23.9 Å². The minimum absolute atomic E-state index is 0.0658. The van der Waals surface area contributed by atoms with Gasteiger partial charge in [0, 0.05) is 36.4 Å². The number of benzene rings is 1. The second-order valence-electron chi connectivity index (χ2n) is 9.09. The van der Waals surface area contributed by atoms with Gasteiger partial charge in [-0.3, -0.25) is 10.1 Å². The van der Waals surface area contributed by atoms with Gasteiger partial charge >= 0.3 is 0 Å². The first-order valence-electron chi connectivity index (χ1n) is 11.7. The molecule has 0 heterocycles. The molecule has 2 rings (SSSR count). The zero-order chi connectivity index (χ0) is 25.3. The van der Waals surface area contributed by atoms with Crippen LogP contribution in [0.2, 0.25) is 0 Å². The van der Waals surface area contributed by atoms with Crippen molar-refractivity contribution in [3.63, 3.8) is 0 Å². The van der Waals surface area contributed by atoms with E-state index in [4.69, 9.17) is 14.2 Å². The SMILES string of the molecule is COC1=CC(CC=O)C(CCCN(C)CCc2cccc([N+](=O)[O-])c2)(C(C)C)C(OC)=C1OC. The number of nitrogens with zero attached hydrogens (tertiary/aromatic N) is 2. The number of aldehydes is 1. The van der Waals surface area contributed by atoms with Gasteiger partial charge in [-0.25, -0.2) is 0 Å². The second-order valence-corrected chi connectivity index (χ2v) is 9.09. The molecule has 0 radical (unpaired) electrons. The third kappa shape index (κ3) is 5.97. The van der Waals surface area contributed by atoms with Gasteiger partial charge in [-0.15, -0.1) is 0 Å². The Morgan fingerprint density at radius 2 is 1.91 bits per heavy atom. The molecule has 0 aliphatic heterocycles. The van der Waals surface area contributed by atoms with E-state index in [1.165, 1.54) is 6.07 Å². The molecule has 8 heteroatoms. The van der Waals surface area contributed by atoms with Crippen LogP contribution in [-0.2, 0) is 25.4 Å². The van der Waals surface area contributed by atoms with Gasteiger partial charge in [0.25, 0.3) is 5.69 Å². The molecule has 1 aromatic carbocycles. The second kappa shape index (κ2) is 12.6. The monoisotopic (exact) mass is 474 g/mol. The molecular formula is C26H38N2O6. The zero-order valence-electron chi connectivity index (χ0n) is 21.2. The number of non-ortho nitro benzene ring substituents is 1. The highest BCUT2D eigenvalue weighted by Crippen LogP contribution is 2.53. The first kappa shape index (κ1) is 27.4. The lowest BCUT2D eigenvalue weighted by Gasteiger charge is -2.46. The highest BCUT2D eigenvalue weighted by molar-refractivity contribution is 5.52. The van der Waals surface area contributed by atoms with Crippen LogP contribution in [0, 0.1) is 27.4 Å². The van der Waals surface area contributed by atoms with Crippen LogP contribution in [0.5, 0.6) is 0 Å². The molecule has 2 atom stereocenters. The third-order valence-corrected chi connectivity index (χ3v) is 6.91. The molecule has 0 saturated heterocycles. The fourth-order valence-corrected chi connectivity index (χ4v) is 5.09. The van der Waals surface area contributed by atoms with Crippen LogP contribution in [-0.4, -0.2) is 57.6 Å². The number of ether oxygens (including phenoxy) is 3. The minimum Gasteiger partial charge on any atom is -0.496 e. The summed E-state index contributed by atoms with van der Waals surface area (Å²) in [5, 5.41) is 11.0. The molecular weight excluding hydrogens is 436 g/mol. The van der Waals surface area contributed by atoms with Crippen molar-refractivity contribution in [3.8, 4) is 0 Å². The van der Waals surface area contributed by atoms with Crippen LogP contribution < -0.4 is 0 Å². The minimum atomic E-state index is -0.399. The molecule has 2 unspecified atom stereocenters. The molecule has 1 aromatic rings. The fourth-order valence-electron chi connectivity index (χ4n) is 5.09. The molecule has 0 N–H and O–H groups in total. The van der Waals surface area contributed by atoms with E-state index in [9.17, 15) is 14.9 Å². The van der Waals surface area contributed by atoms with Gasteiger partial charge in [0.2, 0.25) is 0 Å². The third-order valence-electron chi connectivity index (χ3n) is 6.91. The number of nitro benzene ring substituents is 1. The lowest BCUT2D eigenvalue weighted by molar-refractivity contribution is -0.384. The van der Waals surface area contributed by atoms with E-state index in [0.717, 1.165) is 50.0 Å². The van der Waals surface area contributed by atoms with Crippen molar-refractivity contribution in [1.82, 2.24) is 4.90 Å². The van der Waals surface area contributed by atoms with Crippen molar-refractivity contribution in [2.24, 2.45) is 17.3 Å². The van der Waals surface area contributed by atoms with Crippen molar-refractivity contribution < 1.29 is 23.9 Å². The van der Waals surface area contributed by atoms with Crippen LogP contribution in [0.25, 0.3) is 0 Å². The lowest BCUT2D eigenvalue weighted by Crippen LogP contribution is -2.42. The molecule has 0 amide bonds. The average molecular weight is 475 g/mol. The van der Waals surface area contributed by atoms with Crippen molar-refractivity contribution in [2.75, 3.05) is 41.5 Å². The van der Waals surface area contributed by atoms with Gasteiger partial charge in [0.05, 0.1) is 26.3 Å². The number of nitro groups is 1. The summed E-state index contributed by atoms with van der Waals surface area (Å²) in [5.41, 5.74) is 0.669. The number of carbonyl (C=O) groups is 1. The standard InChI is InChI=1S/C26H38N2O6/c1-19(2)26(21(12-16-29)18-23(32-4)24(33-5)25(26)34-6)13-8-14-27(3)15-11-20-9-7-10-22(17-20)28(30)31/h7,9-10,16-19,21H,8,11-15H2,1-6H3. The van der Waals surface area contributed by atoms with Gasteiger partial charge in [0.1, 0.15) is 12.0 Å². The van der Waals surface area contributed by atoms with Crippen LogP contribution in [0.15, 0.2) is 47.6 Å². The van der Waals surface area contributed by atoms with Crippen molar-refractivity contribution in [2.45, 2.75) is 39.5 Å². The summed E-state index contributed by atoms with van der Waals surface area (Å²) in [4.78, 5) is 24.5. The smallest absolute Gasteiger partial charge is 0.269 e. The molecule has 8 nitrogen and oxygen atoms in total. The Kier molecular flexibility index (Phi) is 10.1. The van der Waals surface area contributed by atoms with E-state index < -0.39 is 5.41 Å². The molecule has 1 aliphatic rings. The average Bonchev–Trinajstić information content (AvgIpc) is 2.82. The Morgan fingerprint density at radius 1 is 1.18 bits per heavy atom. The predicted octanol–water partition coefficient (Wildman–Crippen LogP) is 4.75. The molecule has 0 aromatic heterocycles. The van der Waals surface area contributed by atoms with Gasteiger partial charge in [-0.2, -0.15) is 0 Å². The van der Waals surface area contributed by atoms with Crippen LogP contribution in [0.3, 0.4) is 0 Å². The van der Waals surface area contributed by atoms with Crippen LogP contribution in [0.4, 0.5) is 5.69 Å². The number of methoxy groups -OCH3 is 3. The summed E-state index contributed by atoms with van der Waals surface area (Å²) in [6.45, 7) is 5.94. The van der Waals surface area contributed by atoms with E-state index in [2.05, 4.69) is 25.8 Å². The number of hydrogen-bond donors (Lipinski definition) is 0. The molecule has 0 bridgehead atoms. The van der Waals surface area contributed by atoms with Crippen molar-refractivity contribution in [3.05, 3.63) is 63.3 Å². The first-order chi connectivity index (χ1) is 16.2. The Hall–Kier alpha value is -2.87. The van der Waals surface area contributed by atoms with E-state index in [1.54, 1.807) is 33.5 Å². The summed E-state index contributed by atoms with van der Waals surface area (Å²) in [6, 6.07) is 6.79. The summed E-state index contributed by atoms with van der Waals surface area (Å²) >= 11 is 0. The molecule has 0 spiro atoms. The summed E-state index contributed by atoms with van der Waals surface area (Å²) in [7, 11) is 6.90. The van der Waals surface area contributed by atoms with E-state index in [0.29, 0.717) is 17.9 Å². The Morgan fingerprint density at radius 3 is 2.47 bits per heavy atom. The number of allylic oxidation sites excluding steroid dienone is 2. The number of likely N-dealkylation sites (N-methyl/N-ethyl adjacent to an activating group) is 1. The molecule has 0 fully saturated rings. The highest BCUT2D eigenvalue weighted by atomic mass is 16.6. The normalized spacial score (nSPS) is 20.4. The number of carbonyl (C=O) groups excluding carboxylic acids is 1. The maximum absolute atomic E-state index is 11.6. The highest BCUT2D eigenvalue weighted by Gasteiger charge is 2.49. The van der Waals surface area contributed by atoms with Crippen LogP contribution in [0.1, 0.15) is 38.7 Å². The predicted molar refractivity (Wildman–Crippen MR) is 131 cm³/mol. The van der Waals surface area contributed by atoms with E-state index >= 15 is 0 Å². The molecule has 0 saturated carbocycles. The van der Waals surface area contributed by atoms with Gasteiger partial charge in [-0.05, 0) is 50.4 Å². The quantitative estimate of drug-likeness (QED) is 0.218. The Bertz CT molecular complexity index is 910. The first-order valence-corrected chi connectivity index (χ1v) is 11.7. The van der Waals surface area contributed by atoms with Gasteiger partial charge in [-0.1, -0.05) is 26.0 Å². The topological polar surface area (TPSA) is 91.1 Å². The molecule has 1 aliphatic carbocycles. The molecule has 34 heavy (non-hydrogen) atoms. The Balaban J connectivity index is 2.15. The summed E-state index contributed by atoms with van der Waals surface area (Å²) in [5.74, 6) is 2.04. The van der Waals surface area contributed by atoms with Gasteiger partial charge in [0.15, 0.2) is 11.5 Å². The Labute approximate surface area is 202 Å². The number of hydrogen-bond acceptors (Lipinski definition) is 7. The van der Waals surface area contributed by atoms with Crippen LogP contribution >= 0.6 is 0 Å². The van der Waals surface area contributed by atoms with E-state index in [-0.39, 0.29) is 22.4 Å². The summed E-state index contributed by atoms with van der Waals surface area (Å²) in [6.07, 6.45) is 5.77. The van der Waals surface area contributed by atoms with Crippen molar-refractivity contribution in [1.29, 1.82) is 0 Å². The largest absolute Gasteiger partial charge is 0.496 e. The van der Waals surface area contributed by atoms with Crippen molar-refractivity contribution >= 4 is 12.0 Å². The van der Waals surface area contributed by atoms with E-state index in [1.807, 2.05) is 12.1 Å². The lowest BCUT2D eigenvalue weighted by atomic mass is 9.60. The molecule has 188 valence electrons. The maximum Gasteiger partial charge on any atom is 0.269 e. The number of rotatable bonds is 14. The summed E-state index contributed by atoms with van der Waals surface area (Å²) < 4.78 is 17.2. The fraction of sp³-hybridized carbons (Fsp3) is 0.577. The zero-order valence-corrected chi connectivity index (χ0v) is 21.2.